The van der Waals surface area contributed by atoms with E-state index in [2.05, 4.69) is 15.2 Å². The second-order valence-electron chi connectivity index (χ2n) is 6.41. The van der Waals surface area contributed by atoms with Crippen molar-refractivity contribution in [3.05, 3.63) is 60.4 Å². The summed E-state index contributed by atoms with van der Waals surface area (Å²) in [6, 6.07) is 16.5. The summed E-state index contributed by atoms with van der Waals surface area (Å²) in [7, 11) is 0. The van der Waals surface area contributed by atoms with Gasteiger partial charge in [-0.05, 0) is 37.1 Å². The molecule has 2 heterocycles. The second-order valence-corrected chi connectivity index (χ2v) is 6.41. The molecule has 3 aromatic rings. The van der Waals surface area contributed by atoms with Gasteiger partial charge in [-0.3, -0.25) is 0 Å². The van der Waals surface area contributed by atoms with Crippen molar-refractivity contribution in [3.63, 3.8) is 0 Å². The molecule has 1 aliphatic heterocycles. The van der Waals surface area contributed by atoms with E-state index in [4.69, 9.17) is 0 Å². The number of para-hydroxylation sites is 2. The highest BCUT2D eigenvalue weighted by molar-refractivity contribution is 5.83. The van der Waals surface area contributed by atoms with Gasteiger partial charge in [0, 0.05) is 24.5 Å². The molecule has 128 valence electrons. The fourth-order valence-corrected chi connectivity index (χ4v) is 3.36. The lowest BCUT2D eigenvalue weighted by Gasteiger charge is -2.34. The molecule has 5 heteroatoms. The van der Waals surface area contributed by atoms with Crippen LogP contribution in [0.15, 0.2) is 54.6 Å². The molecule has 0 radical (unpaired) electrons. The molecule has 4 rings (SSSR count). The Labute approximate surface area is 145 Å². The molecule has 0 bridgehead atoms. The molecule has 0 saturated carbocycles. The smallest absolute Gasteiger partial charge is 0.171 e. The molecular formula is C20H20FN3O. The van der Waals surface area contributed by atoms with E-state index < -0.39 is 0 Å². The van der Waals surface area contributed by atoms with Gasteiger partial charge in [-0.1, -0.05) is 30.3 Å². The molecule has 0 atom stereocenters. The zero-order valence-electron chi connectivity index (χ0n) is 13.8. The first kappa shape index (κ1) is 15.7. The summed E-state index contributed by atoms with van der Waals surface area (Å²) in [5, 5.41) is 14.5. The quantitative estimate of drug-likeness (QED) is 0.753. The van der Waals surface area contributed by atoms with Crippen molar-refractivity contribution in [1.29, 1.82) is 0 Å². The third-order valence-corrected chi connectivity index (χ3v) is 4.71. The molecule has 0 aliphatic carbocycles. The predicted octanol–water partition coefficient (Wildman–Crippen LogP) is 4.16. The molecule has 1 aromatic heterocycles. The lowest BCUT2D eigenvalue weighted by Crippen LogP contribution is -2.39. The zero-order valence-corrected chi connectivity index (χ0v) is 13.8. The standard InChI is InChI=1S/C20H20FN3O/c21-16-6-2-4-8-18(16)22-15-9-11-24(12-10-15)20-19(25)13-14-5-1-3-7-17(14)23-20/h1-8,13,15,22,25H,9-12H2. The number of hydrogen-bond donors (Lipinski definition) is 2. The van der Waals surface area contributed by atoms with Crippen LogP contribution in [0.4, 0.5) is 15.9 Å². The molecule has 1 fully saturated rings. The highest BCUT2D eigenvalue weighted by Gasteiger charge is 2.23. The van der Waals surface area contributed by atoms with Gasteiger partial charge < -0.3 is 15.3 Å². The second kappa shape index (κ2) is 6.59. The number of nitrogens with zero attached hydrogens (tertiary/aromatic N) is 2. The number of aromatic hydroxyl groups is 1. The SMILES string of the molecule is Oc1cc2ccccc2nc1N1CCC(Nc2ccccc2F)CC1. The Balaban J connectivity index is 1.47. The van der Waals surface area contributed by atoms with Gasteiger partial charge in [0.15, 0.2) is 11.6 Å². The van der Waals surface area contributed by atoms with Gasteiger partial charge in [0.2, 0.25) is 0 Å². The summed E-state index contributed by atoms with van der Waals surface area (Å²) in [5.41, 5.74) is 1.43. The van der Waals surface area contributed by atoms with E-state index in [1.54, 1.807) is 18.2 Å². The van der Waals surface area contributed by atoms with Crippen molar-refractivity contribution >= 4 is 22.4 Å². The summed E-state index contributed by atoms with van der Waals surface area (Å²) in [4.78, 5) is 6.72. The minimum absolute atomic E-state index is 0.208. The van der Waals surface area contributed by atoms with Crippen LogP contribution in [0.5, 0.6) is 5.75 Å². The average molecular weight is 337 g/mol. The number of hydrogen-bond acceptors (Lipinski definition) is 4. The van der Waals surface area contributed by atoms with Crippen LogP contribution >= 0.6 is 0 Å². The summed E-state index contributed by atoms with van der Waals surface area (Å²) in [6.07, 6.45) is 1.73. The number of benzene rings is 2. The van der Waals surface area contributed by atoms with Crippen LogP contribution in [0.1, 0.15) is 12.8 Å². The number of piperidine rings is 1. The fraction of sp³-hybridized carbons (Fsp3) is 0.250. The number of anilines is 2. The van der Waals surface area contributed by atoms with Gasteiger partial charge in [-0.25, -0.2) is 9.37 Å². The summed E-state index contributed by atoms with van der Waals surface area (Å²) < 4.78 is 13.8. The summed E-state index contributed by atoms with van der Waals surface area (Å²) in [6.45, 7) is 1.54. The Morgan fingerprint density at radius 2 is 1.76 bits per heavy atom. The van der Waals surface area contributed by atoms with E-state index in [-0.39, 0.29) is 17.6 Å². The Hall–Kier alpha value is -2.82. The molecule has 25 heavy (non-hydrogen) atoms. The Morgan fingerprint density at radius 3 is 2.56 bits per heavy atom. The molecule has 0 spiro atoms. The van der Waals surface area contributed by atoms with Gasteiger partial charge in [0.1, 0.15) is 5.82 Å². The van der Waals surface area contributed by atoms with Crippen LogP contribution in [-0.2, 0) is 0 Å². The van der Waals surface area contributed by atoms with E-state index >= 15 is 0 Å². The maximum atomic E-state index is 13.8. The van der Waals surface area contributed by atoms with E-state index in [0.29, 0.717) is 11.5 Å². The van der Waals surface area contributed by atoms with E-state index in [1.165, 1.54) is 6.07 Å². The third-order valence-electron chi connectivity index (χ3n) is 4.71. The fourth-order valence-electron chi connectivity index (χ4n) is 3.36. The topological polar surface area (TPSA) is 48.4 Å². The lowest BCUT2D eigenvalue weighted by atomic mass is 10.0. The largest absolute Gasteiger partial charge is 0.504 e. The molecule has 2 aromatic carbocycles. The normalized spacial score (nSPS) is 15.5. The number of aromatic nitrogens is 1. The van der Waals surface area contributed by atoms with Gasteiger partial charge in [-0.15, -0.1) is 0 Å². The van der Waals surface area contributed by atoms with Crippen molar-refractivity contribution in [2.75, 3.05) is 23.3 Å². The molecule has 0 amide bonds. The highest BCUT2D eigenvalue weighted by Crippen LogP contribution is 2.31. The Morgan fingerprint density at radius 1 is 1.04 bits per heavy atom. The molecule has 1 saturated heterocycles. The van der Waals surface area contributed by atoms with E-state index in [0.717, 1.165) is 36.8 Å². The molecule has 4 nitrogen and oxygen atoms in total. The maximum Gasteiger partial charge on any atom is 0.171 e. The van der Waals surface area contributed by atoms with Crippen LogP contribution in [0, 0.1) is 5.82 Å². The van der Waals surface area contributed by atoms with Gasteiger partial charge in [-0.2, -0.15) is 0 Å². The first-order valence-corrected chi connectivity index (χ1v) is 8.55. The van der Waals surface area contributed by atoms with E-state index in [9.17, 15) is 9.50 Å². The molecular weight excluding hydrogens is 317 g/mol. The first-order chi connectivity index (χ1) is 12.2. The summed E-state index contributed by atoms with van der Waals surface area (Å²) >= 11 is 0. The van der Waals surface area contributed by atoms with Crippen molar-refractivity contribution in [2.45, 2.75) is 18.9 Å². The minimum atomic E-state index is -0.223. The van der Waals surface area contributed by atoms with Gasteiger partial charge in [0.25, 0.3) is 0 Å². The van der Waals surface area contributed by atoms with Crippen LogP contribution in [0.2, 0.25) is 0 Å². The van der Waals surface area contributed by atoms with E-state index in [1.807, 2.05) is 30.3 Å². The third kappa shape index (κ3) is 3.22. The van der Waals surface area contributed by atoms with Crippen molar-refractivity contribution in [3.8, 4) is 5.75 Å². The van der Waals surface area contributed by atoms with Gasteiger partial charge >= 0.3 is 0 Å². The first-order valence-electron chi connectivity index (χ1n) is 8.55. The lowest BCUT2D eigenvalue weighted by molar-refractivity contribution is 0.462. The van der Waals surface area contributed by atoms with Crippen LogP contribution in [-0.4, -0.2) is 29.2 Å². The Kier molecular flexibility index (Phi) is 4.14. The van der Waals surface area contributed by atoms with Crippen LogP contribution in [0.3, 0.4) is 0 Å². The van der Waals surface area contributed by atoms with Crippen molar-refractivity contribution in [1.82, 2.24) is 4.98 Å². The number of nitrogens with one attached hydrogen (secondary N) is 1. The number of halogens is 1. The van der Waals surface area contributed by atoms with Crippen LogP contribution < -0.4 is 10.2 Å². The predicted molar refractivity (Wildman–Crippen MR) is 98.7 cm³/mol. The van der Waals surface area contributed by atoms with Crippen molar-refractivity contribution < 1.29 is 9.50 Å². The van der Waals surface area contributed by atoms with Crippen LogP contribution in [0.25, 0.3) is 10.9 Å². The van der Waals surface area contributed by atoms with Crippen molar-refractivity contribution in [2.24, 2.45) is 0 Å². The summed E-state index contributed by atoms with van der Waals surface area (Å²) in [5.74, 6) is 0.612. The maximum absolute atomic E-state index is 13.8. The monoisotopic (exact) mass is 337 g/mol. The number of pyridine rings is 1. The van der Waals surface area contributed by atoms with Gasteiger partial charge in [0.05, 0.1) is 11.2 Å². The Bertz CT molecular complexity index is 891. The highest BCUT2D eigenvalue weighted by atomic mass is 19.1. The number of fused-ring (bicyclic) bond motifs is 1. The number of rotatable bonds is 3. The zero-order chi connectivity index (χ0) is 17.2. The minimum Gasteiger partial charge on any atom is -0.504 e. The molecule has 1 aliphatic rings. The molecule has 2 N–H and O–H groups in total. The average Bonchev–Trinajstić information content (AvgIpc) is 2.64. The molecule has 0 unspecified atom stereocenters.